The fourth-order valence-corrected chi connectivity index (χ4v) is 3.90. The second-order valence-electron chi connectivity index (χ2n) is 8.45. The van der Waals surface area contributed by atoms with Crippen molar-refractivity contribution in [2.45, 2.75) is 13.0 Å². The summed E-state index contributed by atoms with van der Waals surface area (Å²) in [7, 11) is 3.19. The Bertz CT molecular complexity index is 1360. The fourth-order valence-electron chi connectivity index (χ4n) is 3.90. The molecule has 4 aromatic rings. The number of hydrogen-bond acceptors (Lipinski definition) is 5. The Hall–Kier alpha value is -4.11. The van der Waals surface area contributed by atoms with Gasteiger partial charge in [0.15, 0.2) is 5.65 Å². The van der Waals surface area contributed by atoms with Gasteiger partial charge < -0.3 is 15.0 Å². The lowest BCUT2D eigenvalue weighted by atomic mass is 10.1. The first-order chi connectivity index (χ1) is 17.5. The number of likely N-dealkylation sites (N-methyl/N-ethyl adjacent to an activating group) is 1. The van der Waals surface area contributed by atoms with Gasteiger partial charge in [-0.2, -0.15) is 5.10 Å². The zero-order valence-corrected chi connectivity index (χ0v) is 20.3. The van der Waals surface area contributed by atoms with Crippen LogP contribution in [0, 0.1) is 5.82 Å². The molecule has 2 aromatic carbocycles. The number of carbonyl (C=O) groups excluding carboxylic acids is 2. The first-order valence-corrected chi connectivity index (χ1v) is 11.6. The smallest absolute Gasteiger partial charge is 0.254 e. The fraction of sp³-hybridized carbons (Fsp3) is 0.259. The maximum atomic E-state index is 13.7. The molecule has 0 radical (unpaired) electrons. The summed E-state index contributed by atoms with van der Waals surface area (Å²) >= 11 is 0. The van der Waals surface area contributed by atoms with Gasteiger partial charge in [0.25, 0.3) is 5.91 Å². The monoisotopic (exact) mass is 489 g/mol. The second kappa shape index (κ2) is 11.5. The van der Waals surface area contributed by atoms with Crippen molar-refractivity contribution in [1.82, 2.24) is 25.0 Å². The quantitative estimate of drug-likeness (QED) is 0.345. The summed E-state index contributed by atoms with van der Waals surface area (Å²) in [5.74, 6) is -0.908. The first-order valence-electron chi connectivity index (χ1n) is 11.6. The number of nitrogens with zero attached hydrogens (tertiary/aromatic N) is 4. The van der Waals surface area contributed by atoms with Gasteiger partial charge in [-0.3, -0.25) is 9.59 Å². The summed E-state index contributed by atoms with van der Waals surface area (Å²) in [5.41, 5.74) is 3.05. The molecule has 0 saturated heterocycles. The average Bonchev–Trinajstić information content (AvgIpc) is 3.28. The summed E-state index contributed by atoms with van der Waals surface area (Å²) in [6.45, 7) is 1.22. The molecule has 0 aliphatic heterocycles. The molecule has 0 fully saturated rings. The Morgan fingerprint density at radius 2 is 1.92 bits per heavy atom. The van der Waals surface area contributed by atoms with E-state index in [4.69, 9.17) is 9.72 Å². The summed E-state index contributed by atoms with van der Waals surface area (Å²) in [6.07, 6.45) is 2.28. The number of rotatable bonds is 10. The lowest BCUT2D eigenvalue weighted by Crippen LogP contribution is -2.39. The zero-order valence-electron chi connectivity index (χ0n) is 20.3. The van der Waals surface area contributed by atoms with Crippen LogP contribution in [0.25, 0.3) is 22.3 Å². The number of amides is 2. The van der Waals surface area contributed by atoms with Gasteiger partial charge in [0.05, 0.1) is 35.9 Å². The van der Waals surface area contributed by atoms with Crippen LogP contribution in [0.15, 0.2) is 66.9 Å². The summed E-state index contributed by atoms with van der Waals surface area (Å²) in [4.78, 5) is 32.0. The number of fused-ring (bicyclic) bond motifs is 1. The Balaban J connectivity index is 1.66. The van der Waals surface area contributed by atoms with Gasteiger partial charge >= 0.3 is 0 Å². The maximum Gasteiger partial charge on any atom is 0.254 e. The molecule has 1 N–H and O–H groups in total. The molecule has 0 atom stereocenters. The molecule has 9 heteroatoms. The molecule has 0 unspecified atom stereocenters. The molecule has 0 aliphatic rings. The van der Waals surface area contributed by atoms with Crippen LogP contribution in [0.4, 0.5) is 4.39 Å². The van der Waals surface area contributed by atoms with E-state index in [0.29, 0.717) is 48.4 Å². The van der Waals surface area contributed by atoms with E-state index < -0.39 is 0 Å². The summed E-state index contributed by atoms with van der Waals surface area (Å²) in [6, 6.07) is 17.5. The van der Waals surface area contributed by atoms with E-state index in [1.165, 1.54) is 17.0 Å². The molecule has 4 rings (SSSR count). The molecule has 0 bridgehead atoms. The summed E-state index contributed by atoms with van der Waals surface area (Å²) in [5, 5.41) is 7.80. The van der Waals surface area contributed by atoms with Gasteiger partial charge in [-0.1, -0.05) is 42.5 Å². The van der Waals surface area contributed by atoms with Crippen molar-refractivity contribution in [1.29, 1.82) is 0 Å². The molecule has 2 amide bonds. The van der Waals surface area contributed by atoms with Crippen molar-refractivity contribution in [3.05, 3.63) is 83.8 Å². The normalized spacial score (nSPS) is 11.0. The molecule has 8 nitrogen and oxygen atoms in total. The molecule has 0 aliphatic carbocycles. The highest BCUT2D eigenvalue weighted by molar-refractivity contribution is 6.07. The van der Waals surface area contributed by atoms with Crippen LogP contribution in [0.5, 0.6) is 0 Å². The molecule has 186 valence electrons. The minimum absolute atomic E-state index is 0.0896. The van der Waals surface area contributed by atoms with Crippen molar-refractivity contribution in [2.24, 2.45) is 0 Å². The van der Waals surface area contributed by atoms with Gasteiger partial charge in [0, 0.05) is 32.9 Å². The number of ether oxygens (including phenoxy) is 1. The maximum absolute atomic E-state index is 13.7. The van der Waals surface area contributed by atoms with Crippen molar-refractivity contribution < 1.29 is 18.7 Å². The predicted octanol–water partition coefficient (Wildman–Crippen LogP) is 3.51. The lowest BCUT2D eigenvalue weighted by molar-refractivity contribution is -0.121. The topological polar surface area (TPSA) is 89.3 Å². The van der Waals surface area contributed by atoms with E-state index in [1.54, 1.807) is 37.2 Å². The zero-order chi connectivity index (χ0) is 25.5. The second-order valence-corrected chi connectivity index (χ2v) is 8.45. The number of carbonyl (C=O) groups is 2. The van der Waals surface area contributed by atoms with E-state index in [-0.39, 0.29) is 24.2 Å². The highest BCUT2D eigenvalue weighted by atomic mass is 19.1. The average molecular weight is 490 g/mol. The van der Waals surface area contributed by atoms with Crippen LogP contribution in [0.2, 0.25) is 0 Å². The van der Waals surface area contributed by atoms with Gasteiger partial charge in [-0.15, -0.1) is 0 Å². The van der Waals surface area contributed by atoms with Gasteiger partial charge in [0.1, 0.15) is 5.82 Å². The van der Waals surface area contributed by atoms with Gasteiger partial charge in [0.2, 0.25) is 5.91 Å². The highest BCUT2D eigenvalue weighted by Gasteiger charge is 2.21. The molecule has 2 aromatic heterocycles. The van der Waals surface area contributed by atoms with Gasteiger partial charge in [-0.05, 0) is 30.2 Å². The minimum atomic E-state index is -0.333. The number of hydrogen-bond donors (Lipinski definition) is 1. The van der Waals surface area contributed by atoms with Crippen LogP contribution in [0.1, 0.15) is 22.3 Å². The molecular weight excluding hydrogens is 461 g/mol. The summed E-state index contributed by atoms with van der Waals surface area (Å²) < 4.78 is 20.4. The Morgan fingerprint density at radius 3 is 2.67 bits per heavy atom. The van der Waals surface area contributed by atoms with E-state index in [9.17, 15) is 14.0 Å². The van der Waals surface area contributed by atoms with Crippen LogP contribution >= 0.6 is 0 Å². The number of methoxy groups -OCH3 is 1. The molecule has 36 heavy (non-hydrogen) atoms. The molecule has 0 spiro atoms. The third-order valence-electron chi connectivity index (χ3n) is 5.71. The van der Waals surface area contributed by atoms with Crippen LogP contribution in [0.3, 0.4) is 0 Å². The van der Waals surface area contributed by atoms with Crippen molar-refractivity contribution in [3.63, 3.8) is 0 Å². The standard InChI is InChI=1S/C27H28FN5O3/c1-32(18-25(34)29-12-7-13-36-2)27(35)22-15-24(20-9-4-3-5-10-20)31-26-23(22)16-30-33(26)17-19-8-6-11-21(28)14-19/h3-6,8-11,14-16H,7,12-13,17-18H2,1-2H3,(H,29,34). The molecular formula is C27H28FN5O3. The van der Waals surface area contributed by atoms with Crippen LogP contribution in [-0.4, -0.2) is 65.3 Å². The number of nitrogens with one attached hydrogen (secondary N) is 1. The third-order valence-corrected chi connectivity index (χ3v) is 5.71. The van der Waals surface area contributed by atoms with Crippen molar-refractivity contribution in [3.8, 4) is 11.3 Å². The van der Waals surface area contributed by atoms with Gasteiger partial charge in [-0.25, -0.2) is 14.1 Å². The Kier molecular flexibility index (Phi) is 8.02. The lowest BCUT2D eigenvalue weighted by Gasteiger charge is -2.18. The Labute approximate surface area is 208 Å². The van der Waals surface area contributed by atoms with Crippen molar-refractivity contribution in [2.75, 3.05) is 33.9 Å². The number of halogens is 1. The first kappa shape index (κ1) is 25.0. The van der Waals surface area contributed by atoms with E-state index >= 15 is 0 Å². The molecule has 2 heterocycles. The van der Waals surface area contributed by atoms with E-state index in [1.807, 2.05) is 36.4 Å². The highest BCUT2D eigenvalue weighted by Crippen LogP contribution is 2.26. The predicted molar refractivity (Wildman–Crippen MR) is 135 cm³/mol. The largest absolute Gasteiger partial charge is 0.385 e. The van der Waals surface area contributed by atoms with Crippen LogP contribution in [-0.2, 0) is 16.1 Å². The number of aromatic nitrogens is 3. The van der Waals surface area contributed by atoms with E-state index in [2.05, 4.69) is 10.4 Å². The van der Waals surface area contributed by atoms with Crippen LogP contribution < -0.4 is 5.32 Å². The minimum Gasteiger partial charge on any atom is -0.385 e. The number of benzene rings is 2. The van der Waals surface area contributed by atoms with E-state index in [0.717, 1.165) is 11.1 Å². The SMILES string of the molecule is COCCCNC(=O)CN(C)C(=O)c1cc(-c2ccccc2)nc2c1cnn2Cc1cccc(F)c1. The van der Waals surface area contributed by atoms with Crippen molar-refractivity contribution >= 4 is 22.8 Å². The molecule has 0 saturated carbocycles. The Morgan fingerprint density at radius 1 is 1.11 bits per heavy atom. The third kappa shape index (κ3) is 5.92. The number of pyridine rings is 1.